The number of ether oxygens (including phenoxy) is 3. The van der Waals surface area contributed by atoms with Crippen LogP contribution in [-0.2, 0) is 19.0 Å². The molecule has 4 nitrogen and oxygen atoms in total. The van der Waals surface area contributed by atoms with Crippen LogP contribution in [0.25, 0.3) is 0 Å². The predicted octanol–water partition coefficient (Wildman–Crippen LogP) is 0.701. The van der Waals surface area contributed by atoms with Gasteiger partial charge in [0.05, 0.1) is 6.61 Å². The van der Waals surface area contributed by atoms with Gasteiger partial charge in [0, 0.05) is 13.5 Å². The number of rotatable bonds is 3. The predicted molar refractivity (Wildman–Crippen MR) is 41.5 cm³/mol. The summed E-state index contributed by atoms with van der Waals surface area (Å²) in [5.41, 5.74) is 0. The lowest BCUT2D eigenvalue weighted by atomic mass is 10.2. The quantitative estimate of drug-likeness (QED) is 0.591. The van der Waals surface area contributed by atoms with Crippen molar-refractivity contribution >= 4 is 5.97 Å². The van der Waals surface area contributed by atoms with E-state index >= 15 is 0 Å². The molecule has 1 aliphatic heterocycles. The Labute approximate surface area is 71.8 Å². The van der Waals surface area contributed by atoms with Crippen molar-refractivity contribution in [3.63, 3.8) is 0 Å². The van der Waals surface area contributed by atoms with Gasteiger partial charge in [-0.25, -0.2) is 4.79 Å². The molecule has 0 aliphatic carbocycles. The Morgan fingerprint density at radius 3 is 2.83 bits per heavy atom. The van der Waals surface area contributed by atoms with E-state index < -0.39 is 6.10 Å². The summed E-state index contributed by atoms with van der Waals surface area (Å²) in [6, 6.07) is 0. The highest BCUT2D eigenvalue weighted by Crippen LogP contribution is 2.20. The Morgan fingerprint density at radius 2 is 2.33 bits per heavy atom. The van der Waals surface area contributed by atoms with Crippen molar-refractivity contribution in [3.8, 4) is 0 Å². The Kier molecular flexibility index (Phi) is 3.49. The van der Waals surface area contributed by atoms with Crippen LogP contribution in [0, 0.1) is 0 Å². The Morgan fingerprint density at radius 1 is 1.58 bits per heavy atom. The van der Waals surface area contributed by atoms with Gasteiger partial charge in [-0.1, -0.05) is 0 Å². The molecule has 0 spiro atoms. The second-order valence-electron chi connectivity index (χ2n) is 2.62. The Bertz CT molecular complexity index is 157. The van der Waals surface area contributed by atoms with E-state index in [0.717, 1.165) is 6.42 Å². The molecule has 70 valence electrons. The van der Waals surface area contributed by atoms with Gasteiger partial charge in [0.15, 0.2) is 12.4 Å². The first-order valence-electron chi connectivity index (χ1n) is 4.12. The molecule has 2 unspecified atom stereocenters. The van der Waals surface area contributed by atoms with Gasteiger partial charge >= 0.3 is 5.97 Å². The highest BCUT2D eigenvalue weighted by atomic mass is 16.7. The molecule has 0 saturated carbocycles. The minimum Gasteiger partial charge on any atom is -0.464 e. The molecule has 1 rings (SSSR count). The van der Waals surface area contributed by atoms with Crippen LogP contribution in [0.2, 0.25) is 0 Å². The molecule has 1 fully saturated rings. The third-order valence-electron chi connectivity index (χ3n) is 1.79. The van der Waals surface area contributed by atoms with Crippen molar-refractivity contribution in [3.05, 3.63) is 0 Å². The lowest BCUT2D eigenvalue weighted by Crippen LogP contribution is -2.24. The summed E-state index contributed by atoms with van der Waals surface area (Å²) in [7, 11) is 1.57. The Balaban J connectivity index is 2.31. The zero-order valence-corrected chi connectivity index (χ0v) is 7.41. The van der Waals surface area contributed by atoms with Gasteiger partial charge in [0.25, 0.3) is 0 Å². The smallest absolute Gasteiger partial charge is 0.335 e. The topological polar surface area (TPSA) is 44.8 Å². The molecule has 0 radical (unpaired) electrons. The largest absolute Gasteiger partial charge is 0.464 e. The molecule has 1 aliphatic rings. The molecule has 0 N–H and O–H groups in total. The minimum atomic E-state index is -0.421. The molecule has 12 heavy (non-hydrogen) atoms. The van der Waals surface area contributed by atoms with Crippen molar-refractivity contribution in [2.24, 2.45) is 0 Å². The highest BCUT2D eigenvalue weighted by molar-refractivity contribution is 5.74. The van der Waals surface area contributed by atoms with Crippen LogP contribution in [0.5, 0.6) is 0 Å². The van der Waals surface area contributed by atoms with Crippen LogP contribution in [0.4, 0.5) is 0 Å². The van der Waals surface area contributed by atoms with Crippen LogP contribution in [0.15, 0.2) is 0 Å². The minimum absolute atomic E-state index is 0.237. The summed E-state index contributed by atoms with van der Waals surface area (Å²) in [5.74, 6) is -0.281. The van der Waals surface area contributed by atoms with Gasteiger partial charge in [-0.2, -0.15) is 0 Å². The van der Waals surface area contributed by atoms with Crippen molar-refractivity contribution in [1.29, 1.82) is 0 Å². The second-order valence-corrected chi connectivity index (χ2v) is 2.62. The van der Waals surface area contributed by atoms with Crippen LogP contribution in [-0.4, -0.2) is 32.1 Å². The standard InChI is InChI=1S/C8H14O4/c1-3-11-8(9)6-4-5-7(10-2)12-6/h6-7H,3-5H2,1-2H3. The van der Waals surface area contributed by atoms with Crippen LogP contribution < -0.4 is 0 Å². The van der Waals surface area contributed by atoms with Gasteiger partial charge in [-0.05, 0) is 13.3 Å². The maximum absolute atomic E-state index is 11.1. The summed E-state index contributed by atoms with van der Waals surface area (Å²) >= 11 is 0. The SMILES string of the molecule is CCOC(=O)C1CCC(OC)O1. The van der Waals surface area contributed by atoms with E-state index in [9.17, 15) is 4.79 Å². The van der Waals surface area contributed by atoms with Gasteiger partial charge in [-0.15, -0.1) is 0 Å². The normalized spacial score (nSPS) is 28.8. The van der Waals surface area contributed by atoms with E-state index in [-0.39, 0.29) is 12.3 Å². The van der Waals surface area contributed by atoms with E-state index in [1.165, 1.54) is 0 Å². The van der Waals surface area contributed by atoms with Crippen molar-refractivity contribution in [1.82, 2.24) is 0 Å². The molecule has 0 aromatic carbocycles. The molecule has 0 bridgehead atoms. The number of hydrogen-bond acceptors (Lipinski definition) is 4. The van der Waals surface area contributed by atoms with Crippen LogP contribution in [0.1, 0.15) is 19.8 Å². The van der Waals surface area contributed by atoms with Crippen molar-refractivity contribution < 1.29 is 19.0 Å². The zero-order chi connectivity index (χ0) is 8.97. The van der Waals surface area contributed by atoms with E-state index in [1.807, 2.05) is 0 Å². The van der Waals surface area contributed by atoms with Gasteiger partial charge < -0.3 is 14.2 Å². The Hall–Kier alpha value is -0.610. The third-order valence-corrected chi connectivity index (χ3v) is 1.79. The molecule has 0 aromatic heterocycles. The fourth-order valence-corrected chi connectivity index (χ4v) is 1.19. The van der Waals surface area contributed by atoms with Gasteiger partial charge in [0.1, 0.15) is 0 Å². The van der Waals surface area contributed by atoms with E-state index in [0.29, 0.717) is 13.0 Å². The maximum atomic E-state index is 11.1. The number of methoxy groups -OCH3 is 1. The molecular formula is C8H14O4. The summed E-state index contributed by atoms with van der Waals surface area (Å²) in [4.78, 5) is 11.1. The van der Waals surface area contributed by atoms with Crippen LogP contribution >= 0.6 is 0 Å². The maximum Gasteiger partial charge on any atom is 0.335 e. The first-order chi connectivity index (χ1) is 5.77. The van der Waals surface area contributed by atoms with E-state index in [1.54, 1.807) is 14.0 Å². The summed E-state index contributed by atoms with van der Waals surface area (Å²) in [6.45, 7) is 2.18. The molecule has 2 atom stereocenters. The third kappa shape index (κ3) is 2.19. The summed E-state index contributed by atoms with van der Waals surface area (Å²) in [5, 5.41) is 0. The second kappa shape index (κ2) is 4.42. The first kappa shape index (κ1) is 9.48. The highest BCUT2D eigenvalue weighted by Gasteiger charge is 2.31. The number of hydrogen-bond donors (Lipinski definition) is 0. The van der Waals surface area contributed by atoms with E-state index in [2.05, 4.69) is 0 Å². The van der Waals surface area contributed by atoms with Gasteiger partial charge in [-0.3, -0.25) is 0 Å². The molecule has 0 amide bonds. The number of esters is 1. The summed E-state index contributed by atoms with van der Waals surface area (Å²) < 4.78 is 15.0. The molecule has 1 saturated heterocycles. The molecular weight excluding hydrogens is 160 g/mol. The van der Waals surface area contributed by atoms with E-state index in [4.69, 9.17) is 14.2 Å². The lowest BCUT2D eigenvalue weighted by molar-refractivity contribution is -0.168. The average Bonchev–Trinajstić information content (AvgIpc) is 2.52. The monoisotopic (exact) mass is 174 g/mol. The number of carbonyl (C=O) groups is 1. The molecule has 0 aromatic rings. The fraction of sp³-hybridized carbons (Fsp3) is 0.875. The van der Waals surface area contributed by atoms with Crippen molar-refractivity contribution in [2.75, 3.05) is 13.7 Å². The lowest BCUT2D eigenvalue weighted by Gasteiger charge is -2.10. The molecule has 4 heteroatoms. The molecule has 1 heterocycles. The number of carbonyl (C=O) groups excluding carboxylic acids is 1. The summed E-state index contributed by atoms with van der Waals surface area (Å²) in [6.07, 6.45) is 0.798. The first-order valence-corrected chi connectivity index (χ1v) is 4.12. The average molecular weight is 174 g/mol. The van der Waals surface area contributed by atoms with Crippen LogP contribution in [0.3, 0.4) is 0 Å². The zero-order valence-electron chi connectivity index (χ0n) is 7.41. The van der Waals surface area contributed by atoms with Crippen molar-refractivity contribution in [2.45, 2.75) is 32.2 Å². The fourth-order valence-electron chi connectivity index (χ4n) is 1.19. The van der Waals surface area contributed by atoms with Gasteiger partial charge in [0.2, 0.25) is 0 Å².